The summed E-state index contributed by atoms with van der Waals surface area (Å²) in [6, 6.07) is 0. The number of fused-ring (bicyclic) bond motifs is 5. The molecule has 24 heavy (non-hydrogen) atoms. The van der Waals surface area contributed by atoms with Crippen LogP contribution in [-0.2, 0) is 4.79 Å². The number of rotatable bonds is 0. The molecule has 2 nitrogen and oxygen atoms in total. The van der Waals surface area contributed by atoms with Crippen LogP contribution in [0, 0.1) is 46.8 Å². The van der Waals surface area contributed by atoms with Crippen LogP contribution in [0.2, 0.25) is 0 Å². The Hall–Kier alpha value is -1.07. The van der Waals surface area contributed by atoms with Crippen molar-refractivity contribution in [3.05, 3.63) is 11.6 Å². The molecule has 0 unspecified atom stereocenters. The third kappa shape index (κ3) is 1.86. The summed E-state index contributed by atoms with van der Waals surface area (Å²) in [7, 11) is 0. The molecule has 7 atom stereocenters. The zero-order valence-corrected chi connectivity index (χ0v) is 15.3. The molecule has 4 rings (SSSR count). The molecule has 4 aliphatic carbocycles. The van der Waals surface area contributed by atoms with Crippen LogP contribution in [-0.4, -0.2) is 16.5 Å². The van der Waals surface area contributed by atoms with E-state index >= 15 is 0 Å². The fraction of sp³-hybridized carbons (Fsp3) is 0.773. The molecule has 0 aromatic rings. The van der Waals surface area contributed by atoms with Gasteiger partial charge in [-0.2, -0.15) is 0 Å². The van der Waals surface area contributed by atoms with Crippen LogP contribution in [0.5, 0.6) is 0 Å². The van der Waals surface area contributed by atoms with Crippen molar-refractivity contribution in [3.8, 4) is 12.3 Å². The van der Waals surface area contributed by atoms with Gasteiger partial charge in [-0.3, -0.25) is 4.79 Å². The van der Waals surface area contributed by atoms with Crippen molar-refractivity contribution >= 4 is 5.78 Å². The quantitative estimate of drug-likeness (QED) is 0.680. The van der Waals surface area contributed by atoms with Crippen molar-refractivity contribution in [2.45, 2.75) is 71.3 Å². The Bertz CT molecular complexity index is 655. The molecule has 130 valence electrons. The fourth-order valence-corrected chi connectivity index (χ4v) is 7.16. The highest BCUT2D eigenvalue weighted by molar-refractivity contribution is 5.91. The van der Waals surface area contributed by atoms with Gasteiger partial charge in [0, 0.05) is 11.8 Å². The Kier molecular flexibility index (Phi) is 3.40. The first-order valence-corrected chi connectivity index (χ1v) is 9.69. The van der Waals surface area contributed by atoms with Crippen LogP contribution < -0.4 is 0 Å². The van der Waals surface area contributed by atoms with E-state index in [4.69, 9.17) is 6.42 Å². The Morgan fingerprint density at radius 1 is 1.21 bits per heavy atom. The van der Waals surface area contributed by atoms with Gasteiger partial charge in [0.2, 0.25) is 0 Å². The highest BCUT2D eigenvalue weighted by Gasteiger charge is 2.64. The summed E-state index contributed by atoms with van der Waals surface area (Å²) in [5.41, 5.74) is 0.519. The predicted octanol–water partition coefficient (Wildman–Crippen LogP) is 4.13. The van der Waals surface area contributed by atoms with Crippen LogP contribution in [0.15, 0.2) is 11.6 Å². The van der Waals surface area contributed by atoms with E-state index in [2.05, 4.69) is 26.7 Å². The molecule has 3 fully saturated rings. The van der Waals surface area contributed by atoms with Crippen molar-refractivity contribution in [1.29, 1.82) is 0 Å². The van der Waals surface area contributed by atoms with E-state index in [0.717, 1.165) is 38.5 Å². The lowest BCUT2D eigenvalue weighted by Crippen LogP contribution is -2.56. The number of terminal acetylenes is 1. The molecule has 0 aromatic heterocycles. The van der Waals surface area contributed by atoms with Gasteiger partial charge in [0.15, 0.2) is 5.78 Å². The fourth-order valence-electron chi connectivity index (χ4n) is 7.16. The maximum atomic E-state index is 12.0. The van der Waals surface area contributed by atoms with E-state index in [1.807, 2.05) is 6.08 Å². The van der Waals surface area contributed by atoms with Crippen molar-refractivity contribution in [1.82, 2.24) is 0 Å². The number of hydrogen-bond donors (Lipinski definition) is 1. The van der Waals surface area contributed by atoms with Crippen LogP contribution in [0.4, 0.5) is 0 Å². The standard InChI is InChI=1S/C22H30O2/c1-5-22(24)11-8-18-19-14(2)12-15-13-16(23)6-9-20(15,3)17(19)7-10-21(18,22)4/h1,13-14,17-19,24H,6-12H2,2-4H3/t14-,17+,18+,19-,20+,21+,22+/m1/s1. The molecule has 0 aromatic carbocycles. The van der Waals surface area contributed by atoms with Crippen LogP contribution in [0.3, 0.4) is 0 Å². The summed E-state index contributed by atoms with van der Waals surface area (Å²) < 4.78 is 0. The number of hydrogen-bond acceptors (Lipinski definition) is 2. The number of ketones is 1. The Labute approximate surface area is 146 Å². The van der Waals surface area contributed by atoms with Crippen molar-refractivity contribution < 1.29 is 9.90 Å². The lowest BCUT2D eigenvalue weighted by Gasteiger charge is -2.60. The average Bonchev–Trinajstić information content (AvgIpc) is 2.82. The summed E-state index contributed by atoms with van der Waals surface area (Å²) >= 11 is 0. The summed E-state index contributed by atoms with van der Waals surface area (Å²) in [5.74, 6) is 5.43. The summed E-state index contributed by atoms with van der Waals surface area (Å²) in [6.45, 7) is 7.00. The normalized spacial score (nSPS) is 53.5. The first kappa shape index (κ1) is 16.4. The van der Waals surface area contributed by atoms with E-state index in [-0.39, 0.29) is 10.8 Å². The van der Waals surface area contributed by atoms with Gasteiger partial charge in [0.25, 0.3) is 0 Å². The minimum atomic E-state index is -0.929. The Balaban J connectivity index is 1.75. The van der Waals surface area contributed by atoms with Crippen molar-refractivity contribution in [2.75, 3.05) is 0 Å². The minimum absolute atomic E-state index is 0.140. The highest BCUT2D eigenvalue weighted by Crippen LogP contribution is 2.68. The number of aliphatic hydroxyl groups is 1. The zero-order valence-electron chi connectivity index (χ0n) is 15.3. The summed E-state index contributed by atoms with van der Waals surface area (Å²) in [6.07, 6.45) is 14.4. The number of carbonyl (C=O) groups is 1. The van der Waals surface area contributed by atoms with E-state index in [1.54, 1.807) is 0 Å². The molecule has 0 heterocycles. The maximum absolute atomic E-state index is 12.0. The summed E-state index contributed by atoms with van der Waals surface area (Å²) in [5, 5.41) is 11.1. The zero-order chi connectivity index (χ0) is 17.3. The third-order valence-corrected chi connectivity index (χ3v) is 8.70. The van der Waals surface area contributed by atoms with Crippen LogP contribution >= 0.6 is 0 Å². The van der Waals surface area contributed by atoms with E-state index < -0.39 is 5.60 Å². The van der Waals surface area contributed by atoms with Gasteiger partial charge in [-0.15, -0.1) is 6.42 Å². The maximum Gasteiger partial charge on any atom is 0.155 e. The van der Waals surface area contributed by atoms with Gasteiger partial charge in [0.05, 0.1) is 0 Å². The smallest absolute Gasteiger partial charge is 0.155 e. The molecule has 1 N–H and O–H groups in total. The largest absolute Gasteiger partial charge is 0.377 e. The molecular weight excluding hydrogens is 296 g/mol. The van der Waals surface area contributed by atoms with Gasteiger partial charge in [-0.05, 0) is 73.7 Å². The number of carbonyl (C=O) groups excluding carboxylic acids is 1. The minimum Gasteiger partial charge on any atom is -0.377 e. The van der Waals surface area contributed by atoms with Crippen LogP contribution in [0.25, 0.3) is 0 Å². The molecular formula is C22H30O2. The van der Waals surface area contributed by atoms with Gasteiger partial charge >= 0.3 is 0 Å². The average molecular weight is 326 g/mol. The van der Waals surface area contributed by atoms with Gasteiger partial charge < -0.3 is 5.11 Å². The Morgan fingerprint density at radius 2 is 1.92 bits per heavy atom. The molecule has 2 heteroatoms. The third-order valence-electron chi connectivity index (χ3n) is 8.70. The molecule has 4 aliphatic rings. The van der Waals surface area contributed by atoms with Crippen LogP contribution in [0.1, 0.15) is 65.7 Å². The number of allylic oxidation sites excluding steroid dienone is 1. The second-order valence-corrected chi connectivity index (χ2v) is 9.52. The van der Waals surface area contributed by atoms with Gasteiger partial charge in [0.1, 0.15) is 5.60 Å². The molecule has 0 amide bonds. The molecule has 0 radical (unpaired) electrons. The first-order valence-electron chi connectivity index (χ1n) is 9.69. The molecule has 3 saturated carbocycles. The monoisotopic (exact) mass is 326 g/mol. The molecule has 0 spiro atoms. The lowest BCUT2D eigenvalue weighted by atomic mass is 9.44. The second kappa shape index (κ2) is 4.98. The molecule has 0 saturated heterocycles. The molecule has 0 aliphatic heterocycles. The van der Waals surface area contributed by atoms with E-state index in [0.29, 0.717) is 35.9 Å². The SMILES string of the molecule is C#C[C@]1(O)CC[C@H]2[C@@H]3[C@H](C)CC4=CC(=O)CC[C@]4(C)[C@H]3CC[C@@]21C. The van der Waals surface area contributed by atoms with Gasteiger partial charge in [-0.1, -0.05) is 32.3 Å². The topological polar surface area (TPSA) is 37.3 Å². The predicted molar refractivity (Wildman–Crippen MR) is 95.0 cm³/mol. The lowest BCUT2D eigenvalue weighted by molar-refractivity contribution is -0.123. The van der Waals surface area contributed by atoms with Crippen molar-refractivity contribution in [3.63, 3.8) is 0 Å². The second-order valence-electron chi connectivity index (χ2n) is 9.52. The summed E-state index contributed by atoms with van der Waals surface area (Å²) in [4.78, 5) is 12.0. The Morgan fingerprint density at radius 3 is 2.62 bits per heavy atom. The van der Waals surface area contributed by atoms with E-state index in [9.17, 15) is 9.90 Å². The van der Waals surface area contributed by atoms with E-state index in [1.165, 1.54) is 5.57 Å². The van der Waals surface area contributed by atoms with Crippen molar-refractivity contribution in [2.24, 2.45) is 34.5 Å². The molecule has 0 bridgehead atoms. The van der Waals surface area contributed by atoms with Gasteiger partial charge in [-0.25, -0.2) is 0 Å². The first-order chi connectivity index (χ1) is 11.2. The highest BCUT2D eigenvalue weighted by atomic mass is 16.3.